The van der Waals surface area contributed by atoms with Gasteiger partial charge in [0.2, 0.25) is 5.91 Å². The van der Waals surface area contributed by atoms with E-state index in [9.17, 15) is 4.79 Å². The van der Waals surface area contributed by atoms with Crippen LogP contribution in [0.3, 0.4) is 0 Å². The highest BCUT2D eigenvalue weighted by Gasteiger charge is 2.28. The van der Waals surface area contributed by atoms with Gasteiger partial charge in [0, 0.05) is 44.6 Å². The lowest BCUT2D eigenvalue weighted by Crippen LogP contribution is -2.30. The Morgan fingerprint density at radius 1 is 1.23 bits per heavy atom. The quantitative estimate of drug-likeness (QED) is 0.788. The molecule has 0 aliphatic heterocycles. The predicted molar refractivity (Wildman–Crippen MR) is 104 cm³/mol. The zero-order chi connectivity index (χ0) is 18.5. The SMILES string of the molecule is CCCC(=O)NC(Cc1cc(N(C)C)nc(C2CC2)n1)c1ccccc1. The van der Waals surface area contributed by atoms with Crippen molar-refractivity contribution in [2.45, 2.75) is 51.0 Å². The minimum atomic E-state index is -0.0767. The molecule has 0 radical (unpaired) electrons. The smallest absolute Gasteiger partial charge is 0.220 e. The van der Waals surface area contributed by atoms with Crippen molar-refractivity contribution in [1.82, 2.24) is 15.3 Å². The number of carbonyl (C=O) groups excluding carboxylic acids is 1. The van der Waals surface area contributed by atoms with E-state index in [-0.39, 0.29) is 11.9 Å². The molecule has 1 heterocycles. The van der Waals surface area contributed by atoms with Crippen molar-refractivity contribution in [3.8, 4) is 0 Å². The average molecular weight is 352 g/mol. The molecule has 1 fully saturated rings. The highest BCUT2D eigenvalue weighted by Crippen LogP contribution is 2.38. The fourth-order valence-corrected chi connectivity index (χ4v) is 3.00. The van der Waals surface area contributed by atoms with Gasteiger partial charge in [-0.05, 0) is 24.8 Å². The summed E-state index contributed by atoms with van der Waals surface area (Å²) in [5.74, 6) is 2.46. The average Bonchev–Trinajstić information content (AvgIpc) is 3.47. The molecule has 2 aromatic rings. The molecular weight excluding hydrogens is 324 g/mol. The zero-order valence-electron chi connectivity index (χ0n) is 15.9. The lowest BCUT2D eigenvalue weighted by Gasteiger charge is -2.20. The number of amides is 1. The molecule has 138 valence electrons. The van der Waals surface area contributed by atoms with Gasteiger partial charge in [-0.2, -0.15) is 0 Å². The van der Waals surface area contributed by atoms with Gasteiger partial charge in [0.25, 0.3) is 0 Å². The van der Waals surface area contributed by atoms with E-state index in [1.807, 2.05) is 50.2 Å². The molecule has 26 heavy (non-hydrogen) atoms. The second-order valence-electron chi connectivity index (χ2n) is 7.23. The highest BCUT2D eigenvalue weighted by molar-refractivity contribution is 5.76. The summed E-state index contributed by atoms with van der Waals surface area (Å²) in [5.41, 5.74) is 2.09. The van der Waals surface area contributed by atoms with Crippen molar-refractivity contribution < 1.29 is 4.79 Å². The normalized spacial score (nSPS) is 14.7. The van der Waals surface area contributed by atoms with Crippen molar-refractivity contribution in [2.24, 2.45) is 0 Å². The van der Waals surface area contributed by atoms with Crippen molar-refractivity contribution >= 4 is 11.7 Å². The van der Waals surface area contributed by atoms with Gasteiger partial charge in [0.05, 0.1) is 6.04 Å². The van der Waals surface area contributed by atoms with E-state index in [1.165, 1.54) is 12.8 Å². The standard InChI is InChI=1S/C21H28N4O/c1-4-8-20(26)23-18(15-9-6-5-7-10-15)13-17-14-19(25(2)3)24-21(22-17)16-11-12-16/h5-7,9-10,14,16,18H,4,8,11-13H2,1-3H3,(H,23,26). The van der Waals surface area contributed by atoms with Gasteiger partial charge >= 0.3 is 0 Å². The Balaban J connectivity index is 1.87. The first-order valence-corrected chi connectivity index (χ1v) is 9.46. The number of hydrogen-bond acceptors (Lipinski definition) is 4. The van der Waals surface area contributed by atoms with Gasteiger partial charge < -0.3 is 10.2 Å². The monoisotopic (exact) mass is 352 g/mol. The van der Waals surface area contributed by atoms with Crippen LogP contribution in [-0.4, -0.2) is 30.0 Å². The summed E-state index contributed by atoms with van der Waals surface area (Å²) in [6.07, 6.45) is 4.40. The number of hydrogen-bond donors (Lipinski definition) is 1. The van der Waals surface area contributed by atoms with Crippen LogP contribution in [-0.2, 0) is 11.2 Å². The minimum absolute atomic E-state index is 0.0767. The molecular formula is C21H28N4O. The third-order valence-electron chi connectivity index (χ3n) is 4.61. The lowest BCUT2D eigenvalue weighted by atomic mass is 10.0. The summed E-state index contributed by atoms with van der Waals surface area (Å²) in [6.45, 7) is 2.02. The second-order valence-corrected chi connectivity index (χ2v) is 7.23. The van der Waals surface area contributed by atoms with Gasteiger partial charge in [-0.15, -0.1) is 0 Å². The van der Waals surface area contributed by atoms with Crippen LogP contribution < -0.4 is 10.2 Å². The third kappa shape index (κ3) is 4.81. The second kappa shape index (κ2) is 8.30. The van der Waals surface area contributed by atoms with Gasteiger partial charge in [-0.3, -0.25) is 4.79 Å². The van der Waals surface area contributed by atoms with Crippen LogP contribution in [0.1, 0.15) is 61.6 Å². The van der Waals surface area contributed by atoms with Crippen LogP contribution in [0.25, 0.3) is 0 Å². The number of benzene rings is 1. The molecule has 1 amide bonds. The zero-order valence-corrected chi connectivity index (χ0v) is 15.9. The Labute approximate surface area is 155 Å². The maximum atomic E-state index is 12.2. The molecule has 1 aliphatic rings. The first-order chi connectivity index (χ1) is 12.6. The molecule has 0 bridgehead atoms. The van der Waals surface area contributed by atoms with Crippen LogP contribution in [0.5, 0.6) is 0 Å². The van der Waals surface area contributed by atoms with E-state index >= 15 is 0 Å². The molecule has 1 atom stereocenters. The number of carbonyl (C=O) groups is 1. The molecule has 5 nitrogen and oxygen atoms in total. The summed E-state index contributed by atoms with van der Waals surface area (Å²) < 4.78 is 0. The maximum absolute atomic E-state index is 12.2. The Hall–Kier alpha value is -2.43. The number of nitrogens with one attached hydrogen (secondary N) is 1. The Kier molecular flexibility index (Phi) is 5.86. The van der Waals surface area contributed by atoms with Crippen LogP contribution in [0, 0.1) is 0 Å². The van der Waals surface area contributed by atoms with Crippen molar-refractivity contribution in [3.63, 3.8) is 0 Å². The number of anilines is 1. The van der Waals surface area contributed by atoms with Gasteiger partial charge in [0.1, 0.15) is 11.6 Å². The molecule has 1 saturated carbocycles. The molecule has 5 heteroatoms. The molecule has 1 N–H and O–H groups in total. The number of aromatic nitrogens is 2. The van der Waals surface area contributed by atoms with E-state index in [4.69, 9.17) is 9.97 Å². The largest absolute Gasteiger partial charge is 0.363 e. The first-order valence-electron chi connectivity index (χ1n) is 9.46. The Bertz CT molecular complexity index is 721. The molecule has 1 unspecified atom stereocenters. The van der Waals surface area contributed by atoms with Gasteiger partial charge in [-0.25, -0.2) is 9.97 Å². The van der Waals surface area contributed by atoms with E-state index in [0.29, 0.717) is 18.8 Å². The minimum Gasteiger partial charge on any atom is -0.363 e. The summed E-state index contributed by atoms with van der Waals surface area (Å²) in [7, 11) is 4.00. The summed E-state index contributed by atoms with van der Waals surface area (Å²) in [6, 6.07) is 12.1. The van der Waals surface area contributed by atoms with Crippen LogP contribution >= 0.6 is 0 Å². The fourth-order valence-electron chi connectivity index (χ4n) is 3.00. The number of nitrogens with zero attached hydrogens (tertiary/aromatic N) is 3. The molecule has 0 saturated heterocycles. The van der Waals surface area contributed by atoms with Crippen LogP contribution in [0.15, 0.2) is 36.4 Å². The first kappa shape index (κ1) is 18.4. The van der Waals surface area contributed by atoms with E-state index < -0.39 is 0 Å². The van der Waals surface area contributed by atoms with Crippen LogP contribution in [0.4, 0.5) is 5.82 Å². The maximum Gasteiger partial charge on any atom is 0.220 e. The third-order valence-corrected chi connectivity index (χ3v) is 4.61. The summed E-state index contributed by atoms with van der Waals surface area (Å²) in [4.78, 5) is 23.7. The molecule has 3 rings (SSSR count). The van der Waals surface area contributed by atoms with E-state index in [2.05, 4.69) is 17.4 Å². The van der Waals surface area contributed by atoms with Crippen molar-refractivity contribution in [3.05, 3.63) is 53.5 Å². The summed E-state index contributed by atoms with van der Waals surface area (Å²) >= 11 is 0. The van der Waals surface area contributed by atoms with E-state index in [1.54, 1.807) is 0 Å². The lowest BCUT2D eigenvalue weighted by molar-refractivity contribution is -0.121. The van der Waals surface area contributed by atoms with E-state index in [0.717, 1.165) is 29.3 Å². The fraction of sp³-hybridized carbons (Fsp3) is 0.476. The summed E-state index contributed by atoms with van der Waals surface area (Å²) in [5, 5.41) is 3.18. The van der Waals surface area contributed by atoms with Gasteiger partial charge in [0.15, 0.2) is 0 Å². The Morgan fingerprint density at radius 3 is 2.58 bits per heavy atom. The van der Waals surface area contributed by atoms with Crippen molar-refractivity contribution in [1.29, 1.82) is 0 Å². The van der Waals surface area contributed by atoms with Crippen LogP contribution in [0.2, 0.25) is 0 Å². The Morgan fingerprint density at radius 2 is 1.96 bits per heavy atom. The predicted octanol–water partition coefficient (Wildman–Crippen LogP) is 3.62. The number of rotatable bonds is 8. The molecule has 0 spiro atoms. The molecule has 1 aromatic carbocycles. The topological polar surface area (TPSA) is 58.1 Å². The molecule has 1 aliphatic carbocycles. The van der Waals surface area contributed by atoms with Crippen molar-refractivity contribution in [2.75, 3.05) is 19.0 Å². The van der Waals surface area contributed by atoms with Gasteiger partial charge in [-0.1, -0.05) is 37.3 Å². The molecule has 1 aromatic heterocycles. The highest BCUT2D eigenvalue weighted by atomic mass is 16.1.